The highest BCUT2D eigenvalue weighted by atomic mass is 16.5. The summed E-state index contributed by atoms with van der Waals surface area (Å²) < 4.78 is 7.75. The summed E-state index contributed by atoms with van der Waals surface area (Å²) in [5.41, 5.74) is 4.84. The molecule has 2 aromatic carbocycles. The molecule has 0 unspecified atom stereocenters. The summed E-state index contributed by atoms with van der Waals surface area (Å²) in [4.78, 5) is 27.8. The molecule has 1 aromatic heterocycles. The number of hydrogen-bond donors (Lipinski definition) is 0. The van der Waals surface area contributed by atoms with Crippen molar-refractivity contribution in [3.8, 4) is 28.8 Å². The van der Waals surface area contributed by atoms with Crippen LogP contribution in [0, 0.1) is 24.2 Å². The number of benzene rings is 2. The quantitative estimate of drug-likeness (QED) is 0.164. The van der Waals surface area contributed by atoms with Crippen molar-refractivity contribution in [1.29, 1.82) is 5.26 Å². The molecule has 0 spiro atoms. The Balaban J connectivity index is 1.83. The molecule has 3 aromatic rings. The number of carbonyl (C=O) groups is 2. The van der Waals surface area contributed by atoms with Gasteiger partial charge in [0, 0.05) is 29.4 Å². The minimum atomic E-state index is -0.522. The number of amides is 2. The lowest BCUT2D eigenvalue weighted by molar-refractivity contribution is -0.140. The topological polar surface area (TPSA) is 88.2 Å². The first-order valence-corrected chi connectivity index (χ1v) is 13.8. The summed E-state index contributed by atoms with van der Waals surface area (Å²) in [5, 5.41) is 14.7. The molecule has 0 atom stereocenters. The van der Waals surface area contributed by atoms with Gasteiger partial charge in [-0.05, 0) is 73.7 Å². The zero-order valence-corrected chi connectivity index (χ0v) is 23.9. The van der Waals surface area contributed by atoms with Gasteiger partial charge in [-0.3, -0.25) is 14.5 Å². The van der Waals surface area contributed by atoms with Crippen LogP contribution < -0.4 is 4.74 Å². The predicted octanol–water partition coefficient (Wildman–Crippen LogP) is 6.67. The molecule has 7 nitrogen and oxygen atoms in total. The van der Waals surface area contributed by atoms with Crippen molar-refractivity contribution in [2.45, 2.75) is 53.9 Å². The Hall–Kier alpha value is -4.44. The van der Waals surface area contributed by atoms with Crippen molar-refractivity contribution in [2.75, 3.05) is 13.2 Å². The molecule has 7 heteroatoms. The zero-order valence-electron chi connectivity index (χ0n) is 23.9. The lowest BCUT2D eigenvalue weighted by Crippen LogP contribution is -2.43. The van der Waals surface area contributed by atoms with Crippen LogP contribution in [-0.2, 0) is 9.59 Å². The lowest BCUT2D eigenvalue weighted by Gasteiger charge is -2.27. The summed E-state index contributed by atoms with van der Waals surface area (Å²) in [6, 6.07) is 17.7. The van der Waals surface area contributed by atoms with Crippen molar-refractivity contribution >= 4 is 17.9 Å². The second kappa shape index (κ2) is 12.6. The van der Waals surface area contributed by atoms with Gasteiger partial charge >= 0.3 is 0 Å². The largest absolute Gasteiger partial charge is 0.493 e. The molecule has 0 N–H and O–H groups in total. The minimum absolute atomic E-state index is 0.00171. The van der Waals surface area contributed by atoms with Gasteiger partial charge in [-0.2, -0.15) is 10.4 Å². The fourth-order valence-electron chi connectivity index (χ4n) is 4.65. The second-order valence-corrected chi connectivity index (χ2v) is 10.5. The fraction of sp³-hybridized carbons (Fsp3) is 0.333. The molecule has 1 aliphatic heterocycles. The van der Waals surface area contributed by atoms with Crippen molar-refractivity contribution in [1.82, 2.24) is 14.7 Å². The number of hydrogen-bond acceptors (Lipinski definition) is 5. The third-order valence-corrected chi connectivity index (χ3v) is 6.89. The molecule has 0 saturated carbocycles. The van der Waals surface area contributed by atoms with Crippen LogP contribution >= 0.6 is 0 Å². The monoisotopic (exact) mass is 536 g/mol. The Morgan fingerprint density at radius 3 is 2.45 bits per heavy atom. The van der Waals surface area contributed by atoms with Gasteiger partial charge in [0.15, 0.2) is 0 Å². The van der Waals surface area contributed by atoms with Crippen LogP contribution in [-0.4, -0.2) is 39.6 Å². The van der Waals surface area contributed by atoms with Gasteiger partial charge in [0.2, 0.25) is 0 Å². The van der Waals surface area contributed by atoms with Crippen LogP contribution in [0.2, 0.25) is 0 Å². The van der Waals surface area contributed by atoms with E-state index in [4.69, 9.17) is 9.84 Å². The third-order valence-electron chi connectivity index (χ3n) is 6.89. The average molecular weight is 537 g/mol. The van der Waals surface area contributed by atoms with Crippen LogP contribution in [0.5, 0.6) is 5.75 Å². The highest BCUT2D eigenvalue weighted by Gasteiger charge is 2.35. The number of ether oxygens (including phenoxy) is 1. The van der Waals surface area contributed by atoms with Crippen LogP contribution in [0.3, 0.4) is 0 Å². The second-order valence-electron chi connectivity index (χ2n) is 10.5. The van der Waals surface area contributed by atoms with E-state index in [0.717, 1.165) is 35.4 Å². The first-order valence-electron chi connectivity index (χ1n) is 13.8. The summed E-state index contributed by atoms with van der Waals surface area (Å²) >= 11 is 0. The van der Waals surface area contributed by atoms with Gasteiger partial charge < -0.3 is 4.74 Å². The molecular weight excluding hydrogens is 500 g/mol. The maximum Gasteiger partial charge on any atom is 0.271 e. The van der Waals surface area contributed by atoms with Gasteiger partial charge in [0.25, 0.3) is 11.8 Å². The summed E-state index contributed by atoms with van der Waals surface area (Å²) in [7, 11) is 0. The Morgan fingerprint density at radius 2 is 1.80 bits per heavy atom. The molecule has 0 saturated heterocycles. The highest BCUT2D eigenvalue weighted by Crippen LogP contribution is 2.33. The molecule has 0 radical (unpaired) electrons. The molecular formula is C33H36N4O3. The Labute approximate surface area is 236 Å². The van der Waals surface area contributed by atoms with Crippen LogP contribution in [0.4, 0.5) is 0 Å². The lowest BCUT2D eigenvalue weighted by atomic mass is 9.93. The smallest absolute Gasteiger partial charge is 0.271 e. The van der Waals surface area contributed by atoms with Crippen molar-refractivity contribution in [2.24, 2.45) is 5.92 Å². The number of unbranched alkanes of at least 4 members (excludes halogenated alkanes) is 2. The van der Waals surface area contributed by atoms with Crippen molar-refractivity contribution < 1.29 is 14.3 Å². The molecule has 0 fully saturated rings. The average Bonchev–Trinajstić information content (AvgIpc) is 3.37. The normalized spacial score (nSPS) is 14.8. The maximum atomic E-state index is 13.6. The molecule has 0 aliphatic carbocycles. The fourth-order valence-corrected chi connectivity index (χ4v) is 4.65. The summed E-state index contributed by atoms with van der Waals surface area (Å²) in [5.74, 6) is 0.326. The molecule has 206 valence electrons. The Kier molecular flexibility index (Phi) is 9.00. The minimum Gasteiger partial charge on any atom is -0.493 e. The molecule has 2 amide bonds. The van der Waals surface area contributed by atoms with Crippen molar-refractivity contribution in [3.63, 3.8) is 0 Å². The highest BCUT2D eigenvalue weighted by molar-refractivity contribution is 6.19. The molecule has 2 heterocycles. The van der Waals surface area contributed by atoms with E-state index in [1.54, 1.807) is 17.7 Å². The number of rotatable bonds is 10. The van der Waals surface area contributed by atoms with E-state index in [1.807, 2.05) is 67.7 Å². The standard InChI is InChI=1S/C33H36N4O3/c1-6-7-11-16-36-32(38)28(24(5)29(19-34)33(36)39)18-26-20-37(27-12-9-8-10-13-27)35-31(26)25-14-15-30(23(4)17-25)40-21-22(2)3/h8-10,12-15,17-18,20,22H,6-7,11,16,21H2,1-5H3/b28-18+. The predicted molar refractivity (Wildman–Crippen MR) is 157 cm³/mol. The summed E-state index contributed by atoms with van der Waals surface area (Å²) in [6.45, 7) is 10.9. The number of aromatic nitrogens is 2. The molecule has 0 bridgehead atoms. The van der Waals surface area contributed by atoms with E-state index < -0.39 is 5.91 Å². The van der Waals surface area contributed by atoms with Gasteiger partial charge in [-0.25, -0.2) is 4.68 Å². The number of nitrogens with zero attached hydrogens (tertiary/aromatic N) is 4. The number of aryl methyl sites for hydroxylation is 1. The number of imide groups is 1. The maximum absolute atomic E-state index is 13.6. The Morgan fingerprint density at radius 1 is 1.05 bits per heavy atom. The first kappa shape index (κ1) is 28.6. The van der Waals surface area contributed by atoms with Gasteiger partial charge in [-0.15, -0.1) is 0 Å². The van der Waals surface area contributed by atoms with Crippen LogP contribution in [0.15, 0.2) is 71.4 Å². The number of nitriles is 1. The van der Waals surface area contributed by atoms with E-state index >= 15 is 0 Å². The SMILES string of the molecule is CCCCCN1C(=O)C(C#N)=C(C)/C(=C\c2cn(-c3ccccc3)nc2-c2ccc(OCC(C)C)c(C)c2)C1=O. The summed E-state index contributed by atoms with van der Waals surface area (Å²) in [6.07, 6.45) is 6.18. The van der Waals surface area contributed by atoms with Crippen molar-refractivity contribution in [3.05, 3.63) is 82.6 Å². The third kappa shape index (κ3) is 6.07. The van der Waals surface area contributed by atoms with E-state index in [1.165, 1.54) is 4.90 Å². The van der Waals surface area contributed by atoms with E-state index in [0.29, 0.717) is 41.3 Å². The van der Waals surface area contributed by atoms with E-state index in [2.05, 4.69) is 20.8 Å². The number of carbonyl (C=O) groups excluding carboxylic acids is 2. The van der Waals surface area contributed by atoms with Gasteiger partial charge in [0.05, 0.1) is 18.0 Å². The first-order chi connectivity index (χ1) is 19.2. The molecule has 4 rings (SSSR count). The Bertz CT molecular complexity index is 1510. The van der Waals surface area contributed by atoms with Gasteiger partial charge in [-0.1, -0.05) is 51.8 Å². The molecule has 1 aliphatic rings. The number of para-hydroxylation sites is 1. The molecule has 40 heavy (non-hydrogen) atoms. The van der Waals surface area contributed by atoms with E-state index in [-0.39, 0.29) is 18.0 Å². The van der Waals surface area contributed by atoms with Crippen LogP contribution in [0.1, 0.15) is 58.1 Å². The van der Waals surface area contributed by atoms with Crippen LogP contribution in [0.25, 0.3) is 23.0 Å². The van der Waals surface area contributed by atoms with E-state index in [9.17, 15) is 14.9 Å². The van der Waals surface area contributed by atoms with Gasteiger partial charge in [0.1, 0.15) is 17.4 Å². The zero-order chi connectivity index (χ0) is 28.8.